The number of carbonyl (C=O) groups excluding carboxylic acids is 2. The molecule has 2 aromatic heterocycles. The lowest BCUT2D eigenvalue weighted by Crippen LogP contribution is -2.26. The van der Waals surface area contributed by atoms with Crippen LogP contribution in [0.15, 0.2) is 83.8 Å². The Bertz CT molecular complexity index is 2010. The standard InChI is InChI=1S/C31H23F2N3O7S2/c1-41-30(38)18-2-7-20(8-3-18)42-26-15-13-24-29(35-26)44-31(34-24)36-28(37)27(43-25-14-6-19(32)16-23(25)33)17-4-9-21(10-5-17)45(39,40)22-11-12-22/h2-10,13-16,22,27H,11-12H2,1H3,(H,34,36,37). The number of sulfone groups is 1. The predicted octanol–water partition coefficient (Wildman–Crippen LogP) is 6.24. The average molecular weight is 652 g/mol. The molecule has 230 valence electrons. The van der Waals surface area contributed by atoms with Gasteiger partial charge in [0.2, 0.25) is 12.0 Å². The van der Waals surface area contributed by atoms with Crippen LogP contribution in [0.1, 0.15) is 34.9 Å². The fourth-order valence-electron chi connectivity index (χ4n) is 4.35. The van der Waals surface area contributed by atoms with Gasteiger partial charge in [-0.2, -0.15) is 0 Å². The van der Waals surface area contributed by atoms with Crippen molar-refractivity contribution < 1.29 is 41.0 Å². The molecule has 3 aromatic carbocycles. The van der Waals surface area contributed by atoms with Crippen LogP contribution in [0, 0.1) is 11.6 Å². The van der Waals surface area contributed by atoms with Gasteiger partial charge in [0.05, 0.1) is 22.8 Å². The molecule has 6 rings (SSSR count). The number of ether oxygens (including phenoxy) is 3. The number of thiazole rings is 1. The molecule has 5 aromatic rings. The Morgan fingerprint density at radius 2 is 1.69 bits per heavy atom. The fourth-order valence-corrected chi connectivity index (χ4v) is 6.84. The van der Waals surface area contributed by atoms with Crippen molar-refractivity contribution in [1.82, 2.24) is 9.97 Å². The van der Waals surface area contributed by atoms with E-state index in [0.717, 1.165) is 23.5 Å². The highest BCUT2D eigenvalue weighted by Crippen LogP contribution is 2.35. The molecule has 0 spiro atoms. The molecule has 0 radical (unpaired) electrons. The second kappa shape index (κ2) is 12.2. The zero-order valence-electron chi connectivity index (χ0n) is 23.4. The number of halogens is 2. The van der Waals surface area contributed by atoms with Crippen LogP contribution < -0.4 is 14.8 Å². The summed E-state index contributed by atoms with van der Waals surface area (Å²) in [5.74, 6) is -2.76. The summed E-state index contributed by atoms with van der Waals surface area (Å²) >= 11 is 1.05. The van der Waals surface area contributed by atoms with Crippen LogP contribution in [0.25, 0.3) is 10.3 Å². The second-order valence-electron chi connectivity index (χ2n) is 9.99. The highest BCUT2D eigenvalue weighted by atomic mass is 32.2. The lowest BCUT2D eigenvalue weighted by atomic mass is 10.1. The molecule has 0 bridgehead atoms. The van der Waals surface area contributed by atoms with Gasteiger partial charge in [-0.3, -0.25) is 10.1 Å². The molecule has 10 nitrogen and oxygen atoms in total. The van der Waals surface area contributed by atoms with Gasteiger partial charge in [-0.15, -0.1) is 0 Å². The van der Waals surface area contributed by atoms with Crippen molar-refractivity contribution in [2.24, 2.45) is 0 Å². The minimum atomic E-state index is -3.48. The molecular formula is C31H23F2N3O7S2. The first-order valence-corrected chi connectivity index (χ1v) is 15.9. The van der Waals surface area contributed by atoms with Gasteiger partial charge in [-0.25, -0.2) is 32.0 Å². The van der Waals surface area contributed by atoms with Crippen LogP contribution >= 0.6 is 11.3 Å². The van der Waals surface area contributed by atoms with Gasteiger partial charge >= 0.3 is 5.97 Å². The monoisotopic (exact) mass is 651 g/mol. The summed E-state index contributed by atoms with van der Waals surface area (Å²) in [4.78, 5) is 34.5. The topological polar surface area (TPSA) is 134 Å². The number of benzene rings is 3. The van der Waals surface area contributed by atoms with E-state index in [1.165, 1.54) is 31.4 Å². The Morgan fingerprint density at radius 1 is 0.956 bits per heavy atom. The number of nitrogens with one attached hydrogen (secondary N) is 1. The number of pyridine rings is 1. The molecule has 1 aliphatic rings. The number of fused-ring (bicyclic) bond motifs is 1. The van der Waals surface area contributed by atoms with Gasteiger partial charge in [-0.05, 0) is 67.4 Å². The molecule has 1 saturated carbocycles. The summed E-state index contributed by atoms with van der Waals surface area (Å²) in [5, 5.41) is 2.39. The van der Waals surface area contributed by atoms with Gasteiger partial charge in [0, 0.05) is 17.7 Å². The number of esters is 1. The van der Waals surface area contributed by atoms with E-state index < -0.39 is 44.7 Å². The third-order valence-corrected chi connectivity index (χ3v) is 9.97. The smallest absolute Gasteiger partial charge is 0.337 e. The van der Waals surface area contributed by atoms with Gasteiger partial charge < -0.3 is 14.2 Å². The Morgan fingerprint density at radius 3 is 2.36 bits per heavy atom. The maximum Gasteiger partial charge on any atom is 0.337 e. The van der Waals surface area contributed by atoms with Crippen LogP contribution in [0.5, 0.6) is 17.4 Å². The van der Waals surface area contributed by atoms with Crippen LogP contribution in [0.3, 0.4) is 0 Å². The van der Waals surface area contributed by atoms with Gasteiger partial charge in [0.15, 0.2) is 26.5 Å². The van der Waals surface area contributed by atoms with Crippen LogP contribution in [0.2, 0.25) is 0 Å². The molecule has 45 heavy (non-hydrogen) atoms. The summed E-state index contributed by atoms with van der Waals surface area (Å²) in [6, 6.07) is 17.8. The lowest BCUT2D eigenvalue weighted by molar-refractivity contribution is -0.123. The quantitative estimate of drug-likeness (QED) is 0.174. The Labute approximate surface area is 259 Å². The fraction of sp³-hybridized carbons (Fsp3) is 0.161. The van der Waals surface area contributed by atoms with Crippen LogP contribution in [-0.2, 0) is 19.4 Å². The number of anilines is 1. The highest BCUT2D eigenvalue weighted by molar-refractivity contribution is 7.92. The summed E-state index contributed by atoms with van der Waals surface area (Å²) in [6.07, 6.45) is -0.261. The third-order valence-electron chi connectivity index (χ3n) is 6.81. The molecule has 14 heteroatoms. The zero-order valence-corrected chi connectivity index (χ0v) is 25.0. The van der Waals surface area contributed by atoms with E-state index in [4.69, 9.17) is 14.2 Å². The largest absolute Gasteiger partial charge is 0.473 e. The van der Waals surface area contributed by atoms with E-state index in [1.807, 2.05) is 0 Å². The molecule has 0 saturated heterocycles. The molecule has 0 aliphatic heterocycles. The van der Waals surface area contributed by atoms with Crippen molar-refractivity contribution in [3.8, 4) is 17.4 Å². The van der Waals surface area contributed by atoms with Crippen LogP contribution in [-0.4, -0.2) is 42.6 Å². The third kappa shape index (κ3) is 6.61. The number of aromatic nitrogens is 2. The van der Waals surface area contributed by atoms with E-state index in [-0.39, 0.29) is 27.2 Å². The first kappa shape index (κ1) is 30.1. The van der Waals surface area contributed by atoms with Crippen LogP contribution in [0.4, 0.5) is 13.9 Å². The second-order valence-corrected chi connectivity index (χ2v) is 13.2. The van der Waals surface area contributed by atoms with Gasteiger partial charge in [0.1, 0.15) is 21.9 Å². The summed E-state index contributed by atoms with van der Waals surface area (Å²) in [5.41, 5.74) is 1.05. The SMILES string of the molecule is COC(=O)c1ccc(Oc2ccc3nc(NC(=O)C(Oc4ccc(F)cc4F)c4ccc(S(=O)(=O)C5CC5)cc4)sc3n2)cc1. The molecule has 2 heterocycles. The zero-order chi connectivity index (χ0) is 31.7. The number of nitrogens with zero attached hydrogens (tertiary/aromatic N) is 2. The molecule has 1 atom stereocenters. The van der Waals surface area contributed by atoms with Gasteiger partial charge in [-0.1, -0.05) is 23.5 Å². The van der Waals surface area contributed by atoms with Crippen molar-refractivity contribution in [1.29, 1.82) is 0 Å². The summed E-state index contributed by atoms with van der Waals surface area (Å²) < 4.78 is 69.5. The van der Waals surface area contributed by atoms with Crippen molar-refractivity contribution in [3.63, 3.8) is 0 Å². The maximum absolute atomic E-state index is 14.5. The van der Waals surface area contributed by atoms with E-state index in [2.05, 4.69) is 15.3 Å². The molecule has 1 unspecified atom stereocenters. The number of methoxy groups -OCH3 is 1. The molecular weight excluding hydrogens is 628 g/mol. The van der Waals surface area contributed by atoms with E-state index in [9.17, 15) is 26.8 Å². The molecule has 1 fully saturated rings. The van der Waals surface area contributed by atoms with Crippen molar-refractivity contribution in [2.45, 2.75) is 29.1 Å². The minimum Gasteiger partial charge on any atom is -0.473 e. The average Bonchev–Trinajstić information content (AvgIpc) is 3.82. The first-order valence-electron chi connectivity index (χ1n) is 13.5. The Kier molecular flexibility index (Phi) is 8.16. The van der Waals surface area contributed by atoms with Gasteiger partial charge in [0.25, 0.3) is 5.91 Å². The number of carbonyl (C=O) groups is 2. The normalized spacial score (nSPS) is 13.7. The molecule has 1 amide bonds. The number of hydrogen-bond donors (Lipinski definition) is 1. The van der Waals surface area contributed by atoms with Crippen molar-refractivity contribution in [2.75, 3.05) is 12.4 Å². The summed E-state index contributed by atoms with van der Waals surface area (Å²) in [7, 11) is -2.19. The molecule has 1 aliphatic carbocycles. The number of hydrogen-bond acceptors (Lipinski definition) is 10. The van der Waals surface area contributed by atoms with Crippen molar-refractivity contribution >= 4 is 48.5 Å². The van der Waals surface area contributed by atoms with E-state index >= 15 is 0 Å². The summed E-state index contributed by atoms with van der Waals surface area (Å²) in [6.45, 7) is 0. The number of rotatable bonds is 10. The molecule has 1 N–H and O–H groups in total. The Hall–Kier alpha value is -4.95. The van der Waals surface area contributed by atoms with E-state index in [1.54, 1.807) is 36.4 Å². The maximum atomic E-state index is 14.5. The highest BCUT2D eigenvalue weighted by Gasteiger charge is 2.37. The lowest BCUT2D eigenvalue weighted by Gasteiger charge is -2.19. The van der Waals surface area contributed by atoms with E-state index in [0.29, 0.717) is 40.6 Å². The first-order chi connectivity index (χ1) is 21.6. The minimum absolute atomic E-state index is 0.107. The Balaban J connectivity index is 1.23. The van der Waals surface area contributed by atoms with Crippen molar-refractivity contribution in [3.05, 3.63) is 102 Å². The predicted molar refractivity (Wildman–Crippen MR) is 160 cm³/mol. The number of amides is 1.